The molecule has 1 aromatic carbocycles. The fraction of sp³-hybridized carbons (Fsp3) is 0.467. The maximum absolute atomic E-state index is 10.3. The highest BCUT2D eigenvalue weighted by molar-refractivity contribution is 9.10. The van der Waals surface area contributed by atoms with E-state index in [9.17, 15) is 5.11 Å². The van der Waals surface area contributed by atoms with Gasteiger partial charge in [-0.05, 0) is 34.8 Å². The molecule has 0 amide bonds. The lowest BCUT2D eigenvalue weighted by Gasteiger charge is -2.35. The molecule has 3 nitrogen and oxygen atoms in total. The molecule has 0 aliphatic carbocycles. The Kier molecular flexibility index (Phi) is 5.43. The van der Waals surface area contributed by atoms with E-state index in [2.05, 4.69) is 32.7 Å². The summed E-state index contributed by atoms with van der Waals surface area (Å²) < 4.78 is 0.767. The minimum atomic E-state index is 0.262. The largest absolute Gasteiger partial charge is 0.506 e. The lowest BCUT2D eigenvalue weighted by molar-refractivity contribution is 0.163. The van der Waals surface area contributed by atoms with Crippen LogP contribution < -0.4 is 5.32 Å². The molecule has 1 aromatic rings. The van der Waals surface area contributed by atoms with Crippen LogP contribution in [0.1, 0.15) is 24.4 Å². The monoisotopic (exact) mass is 324 g/mol. The first kappa shape index (κ1) is 14.6. The van der Waals surface area contributed by atoms with Crippen LogP contribution in [0.25, 0.3) is 0 Å². The first-order valence-corrected chi connectivity index (χ1v) is 7.56. The summed E-state index contributed by atoms with van der Waals surface area (Å²) in [6.07, 6.45) is 3.90. The zero-order valence-electron chi connectivity index (χ0n) is 11.1. The number of nitrogens with one attached hydrogen (secondary N) is 1. The molecule has 1 aliphatic heterocycles. The minimum Gasteiger partial charge on any atom is -0.506 e. The second-order valence-electron chi connectivity index (χ2n) is 4.85. The first-order chi connectivity index (χ1) is 9.24. The van der Waals surface area contributed by atoms with E-state index in [1.807, 2.05) is 24.3 Å². The quantitative estimate of drug-likeness (QED) is 0.817. The van der Waals surface area contributed by atoms with Gasteiger partial charge in [0.1, 0.15) is 5.75 Å². The summed E-state index contributed by atoms with van der Waals surface area (Å²) in [6.45, 7) is 7.88. The highest BCUT2D eigenvalue weighted by Crippen LogP contribution is 2.36. The third-order valence-electron chi connectivity index (χ3n) is 3.61. The number of para-hydroxylation sites is 1. The van der Waals surface area contributed by atoms with Crippen molar-refractivity contribution in [3.63, 3.8) is 0 Å². The molecule has 104 valence electrons. The summed E-state index contributed by atoms with van der Waals surface area (Å²) in [5.41, 5.74) is 1.01. The van der Waals surface area contributed by atoms with Gasteiger partial charge in [-0.1, -0.05) is 18.2 Å². The van der Waals surface area contributed by atoms with E-state index in [4.69, 9.17) is 0 Å². The van der Waals surface area contributed by atoms with E-state index in [-0.39, 0.29) is 6.04 Å². The van der Waals surface area contributed by atoms with E-state index in [1.54, 1.807) is 0 Å². The van der Waals surface area contributed by atoms with Crippen molar-refractivity contribution in [2.75, 3.05) is 26.2 Å². The Labute approximate surface area is 123 Å². The van der Waals surface area contributed by atoms with Crippen LogP contribution >= 0.6 is 15.9 Å². The lowest BCUT2D eigenvalue weighted by atomic mass is 9.98. The van der Waals surface area contributed by atoms with E-state index in [1.165, 1.54) is 0 Å². The molecule has 19 heavy (non-hydrogen) atoms. The number of allylic oxidation sites excluding steroid dienone is 1. The molecular weight excluding hydrogens is 304 g/mol. The Morgan fingerprint density at radius 2 is 2.16 bits per heavy atom. The molecule has 1 saturated heterocycles. The number of phenols is 1. The second-order valence-corrected chi connectivity index (χ2v) is 5.70. The maximum atomic E-state index is 10.3. The summed E-state index contributed by atoms with van der Waals surface area (Å²) in [5.74, 6) is 0.370. The molecule has 2 rings (SSSR count). The molecule has 0 aromatic heterocycles. The summed E-state index contributed by atoms with van der Waals surface area (Å²) in [7, 11) is 0. The van der Waals surface area contributed by atoms with Gasteiger partial charge in [-0.2, -0.15) is 0 Å². The molecule has 1 atom stereocenters. The molecule has 2 N–H and O–H groups in total. The number of hydrogen-bond acceptors (Lipinski definition) is 3. The SMILES string of the molecule is C=CCC[C@H](c1cccc(Br)c1O)N1CCNCC1. The summed E-state index contributed by atoms with van der Waals surface area (Å²) in [6, 6.07) is 6.15. The van der Waals surface area contributed by atoms with Gasteiger partial charge >= 0.3 is 0 Å². The van der Waals surface area contributed by atoms with Crippen LogP contribution in [0.4, 0.5) is 0 Å². The Balaban J connectivity index is 2.24. The fourth-order valence-electron chi connectivity index (χ4n) is 2.61. The Morgan fingerprint density at radius 1 is 1.42 bits per heavy atom. The summed E-state index contributed by atoms with van der Waals surface area (Å²) in [4.78, 5) is 2.45. The van der Waals surface area contributed by atoms with Crippen molar-refractivity contribution in [1.82, 2.24) is 10.2 Å². The average Bonchev–Trinajstić information content (AvgIpc) is 2.45. The molecule has 0 bridgehead atoms. The van der Waals surface area contributed by atoms with Gasteiger partial charge in [0.2, 0.25) is 0 Å². The number of aromatic hydroxyl groups is 1. The number of hydrogen-bond donors (Lipinski definition) is 2. The van der Waals surface area contributed by atoms with Crippen molar-refractivity contribution in [3.05, 3.63) is 40.9 Å². The van der Waals surface area contributed by atoms with Crippen LogP contribution in [-0.4, -0.2) is 36.2 Å². The lowest BCUT2D eigenvalue weighted by Crippen LogP contribution is -2.45. The van der Waals surface area contributed by atoms with E-state index >= 15 is 0 Å². The smallest absolute Gasteiger partial charge is 0.134 e. The van der Waals surface area contributed by atoms with Crippen molar-refractivity contribution in [1.29, 1.82) is 0 Å². The number of halogens is 1. The molecule has 0 radical (unpaired) electrons. The van der Waals surface area contributed by atoms with E-state index in [0.29, 0.717) is 5.75 Å². The van der Waals surface area contributed by atoms with Gasteiger partial charge in [0, 0.05) is 37.8 Å². The standard InChI is InChI=1S/C15H21BrN2O/c1-2-3-7-14(18-10-8-17-9-11-18)12-5-4-6-13(16)15(12)19/h2,4-6,14,17,19H,1,3,7-11H2/t14-/m1/s1. The number of phenolic OH excluding ortho intramolecular Hbond substituents is 1. The third kappa shape index (κ3) is 3.59. The van der Waals surface area contributed by atoms with Crippen LogP contribution in [0, 0.1) is 0 Å². The Morgan fingerprint density at radius 3 is 2.84 bits per heavy atom. The van der Waals surface area contributed by atoms with Gasteiger partial charge in [0.05, 0.1) is 4.47 Å². The highest BCUT2D eigenvalue weighted by Gasteiger charge is 2.24. The number of rotatable bonds is 5. The van der Waals surface area contributed by atoms with Crippen LogP contribution in [0.5, 0.6) is 5.75 Å². The van der Waals surface area contributed by atoms with E-state index in [0.717, 1.165) is 49.1 Å². The summed E-state index contributed by atoms with van der Waals surface area (Å²) >= 11 is 3.41. The van der Waals surface area contributed by atoms with Gasteiger partial charge in [-0.3, -0.25) is 4.90 Å². The molecule has 1 heterocycles. The normalized spacial score (nSPS) is 18.2. The number of benzene rings is 1. The highest BCUT2D eigenvalue weighted by atomic mass is 79.9. The third-order valence-corrected chi connectivity index (χ3v) is 4.25. The fourth-order valence-corrected chi connectivity index (χ4v) is 2.99. The van der Waals surface area contributed by atoms with Crippen molar-refractivity contribution in [2.24, 2.45) is 0 Å². The van der Waals surface area contributed by atoms with Gasteiger partial charge < -0.3 is 10.4 Å². The number of nitrogens with zero attached hydrogens (tertiary/aromatic N) is 1. The zero-order valence-corrected chi connectivity index (χ0v) is 12.7. The van der Waals surface area contributed by atoms with Crippen molar-refractivity contribution in [3.8, 4) is 5.75 Å². The Hall–Kier alpha value is -0.840. The van der Waals surface area contributed by atoms with Gasteiger partial charge in [0.25, 0.3) is 0 Å². The molecule has 1 fully saturated rings. The average molecular weight is 325 g/mol. The molecule has 4 heteroatoms. The van der Waals surface area contributed by atoms with E-state index < -0.39 is 0 Å². The maximum Gasteiger partial charge on any atom is 0.134 e. The Bertz CT molecular complexity index is 430. The van der Waals surface area contributed by atoms with Crippen LogP contribution in [0.15, 0.2) is 35.3 Å². The molecular formula is C15H21BrN2O. The van der Waals surface area contributed by atoms with Gasteiger partial charge in [-0.25, -0.2) is 0 Å². The second kappa shape index (κ2) is 7.08. The molecule has 0 spiro atoms. The molecule has 1 aliphatic rings. The van der Waals surface area contributed by atoms with Crippen molar-refractivity contribution >= 4 is 15.9 Å². The van der Waals surface area contributed by atoms with Crippen LogP contribution in [0.2, 0.25) is 0 Å². The van der Waals surface area contributed by atoms with Crippen LogP contribution in [-0.2, 0) is 0 Å². The predicted molar refractivity (Wildman–Crippen MR) is 82.4 cm³/mol. The van der Waals surface area contributed by atoms with Crippen molar-refractivity contribution < 1.29 is 5.11 Å². The molecule has 0 unspecified atom stereocenters. The first-order valence-electron chi connectivity index (χ1n) is 6.77. The predicted octanol–water partition coefficient (Wildman–Crippen LogP) is 3.07. The number of piperazine rings is 1. The van der Waals surface area contributed by atoms with Crippen molar-refractivity contribution in [2.45, 2.75) is 18.9 Å². The van der Waals surface area contributed by atoms with Crippen LogP contribution in [0.3, 0.4) is 0 Å². The van der Waals surface area contributed by atoms with Gasteiger partial charge in [-0.15, -0.1) is 6.58 Å². The van der Waals surface area contributed by atoms with Gasteiger partial charge in [0.15, 0.2) is 0 Å². The minimum absolute atomic E-state index is 0.262. The summed E-state index contributed by atoms with van der Waals surface area (Å²) in [5, 5.41) is 13.7. The molecule has 0 saturated carbocycles. The zero-order chi connectivity index (χ0) is 13.7. The topological polar surface area (TPSA) is 35.5 Å².